The summed E-state index contributed by atoms with van der Waals surface area (Å²) in [7, 11) is 1.84. The average Bonchev–Trinajstić information content (AvgIpc) is 2.36. The molecule has 0 saturated heterocycles. The van der Waals surface area contributed by atoms with Gasteiger partial charge in [0.1, 0.15) is 6.54 Å². The lowest BCUT2D eigenvalue weighted by Gasteiger charge is -2.33. The van der Waals surface area contributed by atoms with Crippen LogP contribution in [0.5, 0.6) is 0 Å². The molecule has 0 N–H and O–H groups in total. The molecule has 0 aromatic carbocycles. The number of hydrogen-bond donors (Lipinski definition) is 0. The molecular formula is C15H27F3N2O. The second-order valence-electron chi connectivity index (χ2n) is 6.49. The average molecular weight is 308 g/mol. The van der Waals surface area contributed by atoms with Gasteiger partial charge in [0, 0.05) is 12.6 Å². The van der Waals surface area contributed by atoms with Crippen molar-refractivity contribution in [2.75, 3.05) is 26.7 Å². The van der Waals surface area contributed by atoms with Crippen LogP contribution in [-0.2, 0) is 4.79 Å². The SMILES string of the molecule is CC(C)CN(CC(F)(F)F)C(=O)CN(C)C1CCCCC1. The highest BCUT2D eigenvalue weighted by atomic mass is 19.4. The summed E-state index contributed by atoms with van der Waals surface area (Å²) in [5, 5.41) is 0. The molecule has 1 aliphatic carbocycles. The Kier molecular flexibility index (Phi) is 6.97. The third kappa shape index (κ3) is 7.16. The van der Waals surface area contributed by atoms with E-state index in [1.165, 1.54) is 6.42 Å². The Hall–Kier alpha value is -0.780. The van der Waals surface area contributed by atoms with Gasteiger partial charge in [0.15, 0.2) is 0 Å². The van der Waals surface area contributed by atoms with Crippen LogP contribution >= 0.6 is 0 Å². The van der Waals surface area contributed by atoms with E-state index in [2.05, 4.69) is 0 Å². The van der Waals surface area contributed by atoms with Gasteiger partial charge in [-0.1, -0.05) is 33.1 Å². The number of carbonyl (C=O) groups excluding carboxylic acids is 1. The first-order valence-corrected chi connectivity index (χ1v) is 7.74. The minimum absolute atomic E-state index is 0.0243. The molecule has 0 bridgehead atoms. The first-order chi connectivity index (χ1) is 9.69. The first-order valence-electron chi connectivity index (χ1n) is 7.74. The molecule has 1 aliphatic rings. The molecule has 0 atom stereocenters. The summed E-state index contributed by atoms with van der Waals surface area (Å²) in [5.41, 5.74) is 0. The van der Waals surface area contributed by atoms with Crippen LogP contribution in [0.15, 0.2) is 0 Å². The summed E-state index contributed by atoms with van der Waals surface area (Å²) in [6.45, 7) is 2.72. The third-order valence-corrected chi connectivity index (χ3v) is 3.89. The molecule has 1 fully saturated rings. The van der Waals surface area contributed by atoms with Gasteiger partial charge in [0.25, 0.3) is 0 Å². The van der Waals surface area contributed by atoms with Crippen molar-refractivity contribution >= 4 is 5.91 Å². The van der Waals surface area contributed by atoms with E-state index in [9.17, 15) is 18.0 Å². The van der Waals surface area contributed by atoms with Crippen molar-refractivity contribution in [1.29, 1.82) is 0 Å². The fourth-order valence-corrected chi connectivity index (χ4v) is 2.88. The molecule has 3 nitrogen and oxygen atoms in total. The van der Waals surface area contributed by atoms with E-state index < -0.39 is 18.6 Å². The zero-order valence-corrected chi connectivity index (χ0v) is 13.2. The molecule has 21 heavy (non-hydrogen) atoms. The van der Waals surface area contributed by atoms with Crippen LogP contribution < -0.4 is 0 Å². The number of alkyl halides is 3. The zero-order chi connectivity index (χ0) is 16.0. The highest BCUT2D eigenvalue weighted by Gasteiger charge is 2.33. The van der Waals surface area contributed by atoms with E-state index >= 15 is 0 Å². The highest BCUT2D eigenvalue weighted by molar-refractivity contribution is 5.78. The lowest BCUT2D eigenvalue weighted by atomic mass is 9.94. The minimum atomic E-state index is -4.34. The van der Waals surface area contributed by atoms with Crippen molar-refractivity contribution in [3.8, 4) is 0 Å². The van der Waals surface area contributed by atoms with Gasteiger partial charge in [-0.3, -0.25) is 9.69 Å². The maximum atomic E-state index is 12.6. The Morgan fingerprint density at radius 1 is 1.19 bits per heavy atom. The van der Waals surface area contributed by atoms with Crippen molar-refractivity contribution in [2.24, 2.45) is 5.92 Å². The number of hydrogen-bond acceptors (Lipinski definition) is 2. The first kappa shape index (κ1) is 18.3. The van der Waals surface area contributed by atoms with Gasteiger partial charge in [-0.25, -0.2) is 0 Å². The molecule has 0 radical (unpaired) electrons. The van der Waals surface area contributed by atoms with Crippen molar-refractivity contribution in [3.63, 3.8) is 0 Å². The largest absolute Gasteiger partial charge is 0.406 e. The Bertz CT molecular complexity index is 325. The standard InChI is InChI=1S/C15H27F3N2O/c1-12(2)9-20(11-15(16,17)18)14(21)10-19(3)13-7-5-4-6-8-13/h12-13H,4-11H2,1-3H3. The van der Waals surface area contributed by atoms with E-state index in [1.54, 1.807) is 0 Å². The summed E-state index contributed by atoms with van der Waals surface area (Å²) >= 11 is 0. The van der Waals surface area contributed by atoms with E-state index in [-0.39, 0.29) is 19.0 Å². The van der Waals surface area contributed by atoms with Crippen LogP contribution in [0, 0.1) is 5.92 Å². The molecule has 0 spiro atoms. The number of carbonyl (C=O) groups is 1. The summed E-state index contributed by atoms with van der Waals surface area (Å²) in [6.07, 6.45) is 1.23. The minimum Gasteiger partial charge on any atom is -0.332 e. The smallest absolute Gasteiger partial charge is 0.332 e. The maximum absolute atomic E-state index is 12.6. The quantitative estimate of drug-likeness (QED) is 0.751. The fourth-order valence-electron chi connectivity index (χ4n) is 2.88. The molecule has 1 amide bonds. The molecule has 0 aromatic heterocycles. The third-order valence-electron chi connectivity index (χ3n) is 3.89. The number of amides is 1. The second-order valence-corrected chi connectivity index (χ2v) is 6.49. The monoisotopic (exact) mass is 308 g/mol. The van der Waals surface area contributed by atoms with Crippen LogP contribution in [0.3, 0.4) is 0 Å². The summed E-state index contributed by atoms with van der Waals surface area (Å²) in [5.74, 6) is -0.398. The summed E-state index contributed by atoms with van der Waals surface area (Å²) in [6, 6.07) is 0.328. The molecular weight excluding hydrogens is 281 g/mol. The lowest BCUT2D eigenvalue weighted by molar-refractivity contribution is -0.163. The Labute approximate surface area is 125 Å². The van der Waals surface area contributed by atoms with E-state index in [4.69, 9.17) is 0 Å². The van der Waals surface area contributed by atoms with Gasteiger partial charge in [0.05, 0.1) is 6.54 Å². The maximum Gasteiger partial charge on any atom is 0.406 e. The topological polar surface area (TPSA) is 23.6 Å². The number of nitrogens with zero attached hydrogens (tertiary/aromatic N) is 2. The predicted molar refractivity (Wildman–Crippen MR) is 77.0 cm³/mol. The van der Waals surface area contributed by atoms with Crippen molar-refractivity contribution < 1.29 is 18.0 Å². The van der Waals surface area contributed by atoms with E-state index in [0.717, 1.165) is 30.6 Å². The Morgan fingerprint density at radius 3 is 2.24 bits per heavy atom. The Morgan fingerprint density at radius 2 is 1.76 bits per heavy atom. The molecule has 1 saturated carbocycles. The van der Waals surface area contributed by atoms with Gasteiger partial charge in [-0.2, -0.15) is 13.2 Å². The molecule has 6 heteroatoms. The molecule has 124 valence electrons. The van der Waals surface area contributed by atoms with Gasteiger partial charge < -0.3 is 4.90 Å². The van der Waals surface area contributed by atoms with Crippen LogP contribution in [0.1, 0.15) is 46.0 Å². The summed E-state index contributed by atoms with van der Waals surface area (Å²) < 4.78 is 37.8. The molecule has 0 aromatic rings. The second kappa shape index (κ2) is 8.01. The molecule has 1 rings (SSSR count). The molecule has 0 heterocycles. The van der Waals surface area contributed by atoms with Crippen LogP contribution in [-0.4, -0.2) is 54.6 Å². The number of rotatable bonds is 6. The molecule has 0 unspecified atom stereocenters. The van der Waals surface area contributed by atoms with Crippen molar-refractivity contribution in [2.45, 2.75) is 58.2 Å². The van der Waals surface area contributed by atoms with E-state index in [1.807, 2.05) is 25.8 Å². The fraction of sp³-hybridized carbons (Fsp3) is 0.933. The number of halogens is 3. The highest BCUT2D eigenvalue weighted by Crippen LogP contribution is 2.22. The predicted octanol–water partition coefficient (Wildman–Crippen LogP) is 3.30. The van der Waals surface area contributed by atoms with Gasteiger partial charge in [-0.15, -0.1) is 0 Å². The number of likely N-dealkylation sites (N-methyl/N-ethyl adjacent to an activating group) is 1. The van der Waals surface area contributed by atoms with Crippen molar-refractivity contribution in [1.82, 2.24) is 9.80 Å². The van der Waals surface area contributed by atoms with Gasteiger partial charge >= 0.3 is 6.18 Å². The van der Waals surface area contributed by atoms with Crippen LogP contribution in [0.25, 0.3) is 0 Å². The Balaban J connectivity index is 2.57. The molecule has 0 aliphatic heterocycles. The van der Waals surface area contributed by atoms with Gasteiger partial charge in [-0.05, 0) is 25.8 Å². The van der Waals surface area contributed by atoms with Crippen LogP contribution in [0.2, 0.25) is 0 Å². The van der Waals surface area contributed by atoms with Crippen LogP contribution in [0.4, 0.5) is 13.2 Å². The van der Waals surface area contributed by atoms with E-state index in [0.29, 0.717) is 6.04 Å². The van der Waals surface area contributed by atoms with Crippen molar-refractivity contribution in [3.05, 3.63) is 0 Å². The van der Waals surface area contributed by atoms with Gasteiger partial charge in [0.2, 0.25) is 5.91 Å². The zero-order valence-electron chi connectivity index (χ0n) is 13.2. The lowest BCUT2D eigenvalue weighted by Crippen LogP contribution is -2.47. The normalized spacial score (nSPS) is 17.5. The summed E-state index contributed by atoms with van der Waals surface area (Å²) in [4.78, 5) is 15.1.